The van der Waals surface area contributed by atoms with Crippen LogP contribution in [0.4, 0.5) is 5.69 Å². The van der Waals surface area contributed by atoms with E-state index in [4.69, 9.17) is 4.42 Å². The Bertz CT molecular complexity index is 745. The van der Waals surface area contributed by atoms with E-state index in [9.17, 15) is 14.4 Å². The van der Waals surface area contributed by atoms with E-state index in [0.717, 1.165) is 10.6 Å². The highest BCUT2D eigenvalue weighted by Crippen LogP contribution is 2.36. The van der Waals surface area contributed by atoms with Crippen molar-refractivity contribution in [3.8, 4) is 0 Å². The first-order chi connectivity index (χ1) is 11.1. The van der Waals surface area contributed by atoms with Crippen LogP contribution in [0.25, 0.3) is 0 Å². The second kappa shape index (κ2) is 6.57. The van der Waals surface area contributed by atoms with Crippen molar-refractivity contribution in [3.05, 3.63) is 48.4 Å². The molecule has 3 rings (SSSR count). The highest BCUT2D eigenvalue weighted by molar-refractivity contribution is 8.01. The summed E-state index contributed by atoms with van der Waals surface area (Å²) in [5.74, 6) is -1.17. The number of rotatable bonds is 3. The van der Waals surface area contributed by atoms with Gasteiger partial charge in [-0.25, -0.2) is 0 Å². The largest absolute Gasteiger partial charge is 0.459 e. The van der Waals surface area contributed by atoms with E-state index < -0.39 is 17.1 Å². The molecule has 0 saturated heterocycles. The van der Waals surface area contributed by atoms with Crippen LogP contribution in [0.5, 0.6) is 0 Å². The molecule has 1 aliphatic heterocycles. The topological polar surface area (TPSA) is 100 Å². The Morgan fingerprint density at radius 3 is 2.78 bits per heavy atom. The summed E-state index contributed by atoms with van der Waals surface area (Å²) in [7, 11) is 0. The second-order valence-corrected chi connectivity index (χ2v) is 6.02. The summed E-state index contributed by atoms with van der Waals surface area (Å²) in [4.78, 5) is 36.4. The molecule has 1 atom stereocenters. The number of furan rings is 1. The van der Waals surface area contributed by atoms with Gasteiger partial charge in [0.15, 0.2) is 5.76 Å². The third kappa shape index (κ3) is 3.54. The fourth-order valence-electron chi connectivity index (χ4n) is 2.04. The Balaban J connectivity index is 1.54. The van der Waals surface area contributed by atoms with Gasteiger partial charge in [0.2, 0.25) is 11.8 Å². The van der Waals surface area contributed by atoms with E-state index in [2.05, 4.69) is 16.2 Å². The number of thioether (sulfide) groups is 1. The van der Waals surface area contributed by atoms with Crippen LogP contribution in [-0.4, -0.2) is 23.0 Å². The molecule has 0 unspecified atom stereocenters. The van der Waals surface area contributed by atoms with Crippen molar-refractivity contribution in [1.29, 1.82) is 0 Å². The lowest BCUT2D eigenvalue weighted by Gasteiger charge is -2.23. The molecule has 0 radical (unpaired) electrons. The maximum absolute atomic E-state index is 12.0. The van der Waals surface area contributed by atoms with Crippen LogP contribution in [0.1, 0.15) is 17.0 Å². The van der Waals surface area contributed by atoms with E-state index in [-0.39, 0.29) is 18.1 Å². The van der Waals surface area contributed by atoms with Gasteiger partial charge in [0.05, 0.1) is 17.2 Å². The SMILES string of the molecule is O=C(C[C@@H]1Sc2ccccc2NC1=O)NNC(=O)c1ccco1. The first kappa shape index (κ1) is 15.2. The van der Waals surface area contributed by atoms with E-state index >= 15 is 0 Å². The van der Waals surface area contributed by atoms with Crippen LogP contribution in [0.2, 0.25) is 0 Å². The summed E-state index contributed by atoms with van der Waals surface area (Å²) in [6.07, 6.45) is 1.31. The molecular formula is C15H13N3O4S. The zero-order valence-corrected chi connectivity index (χ0v) is 12.7. The molecule has 3 N–H and O–H groups in total. The van der Waals surface area contributed by atoms with Gasteiger partial charge in [0.25, 0.3) is 0 Å². The summed E-state index contributed by atoms with van der Waals surface area (Å²) in [6, 6.07) is 10.4. The number of anilines is 1. The van der Waals surface area contributed by atoms with Gasteiger partial charge in [-0.1, -0.05) is 12.1 Å². The van der Waals surface area contributed by atoms with Gasteiger partial charge < -0.3 is 9.73 Å². The number of hydrogen-bond acceptors (Lipinski definition) is 5. The van der Waals surface area contributed by atoms with Crippen molar-refractivity contribution in [2.75, 3.05) is 5.32 Å². The van der Waals surface area contributed by atoms with Crippen LogP contribution in [0.3, 0.4) is 0 Å². The average molecular weight is 331 g/mol. The molecule has 0 saturated carbocycles. The molecule has 2 aromatic rings. The fraction of sp³-hybridized carbons (Fsp3) is 0.133. The molecule has 23 heavy (non-hydrogen) atoms. The lowest BCUT2D eigenvalue weighted by atomic mass is 10.2. The maximum atomic E-state index is 12.0. The van der Waals surface area contributed by atoms with Crippen LogP contribution in [0, 0.1) is 0 Å². The number of para-hydroxylation sites is 1. The molecule has 0 spiro atoms. The standard InChI is InChI=1S/C15H13N3O4S/c19-13(17-18-14(20)10-5-3-7-22-10)8-12-15(21)16-9-4-1-2-6-11(9)23-12/h1-7,12H,8H2,(H,16,21)(H,17,19)(H,18,20)/t12-/m0/s1. The third-order valence-corrected chi connectivity index (χ3v) is 4.41. The Labute approximate surface area is 135 Å². The van der Waals surface area contributed by atoms with E-state index in [1.165, 1.54) is 24.1 Å². The molecule has 0 bridgehead atoms. The molecule has 1 aromatic carbocycles. The Morgan fingerprint density at radius 1 is 1.17 bits per heavy atom. The first-order valence-corrected chi connectivity index (χ1v) is 7.70. The highest BCUT2D eigenvalue weighted by atomic mass is 32.2. The average Bonchev–Trinajstić information content (AvgIpc) is 3.08. The minimum Gasteiger partial charge on any atom is -0.459 e. The molecular weight excluding hydrogens is 318 g/mol. The zero-order chi connectivity index (χ0) is 16.2. The number of carbonyl (C=O) groups is 3. The summed E-state index contributed by atoms with van der Waals surface area (Å²) < 4.78 is 4.90. The second-order valence-electron chi connectivity index (χ2n) is 4.78. The number of hydrazine groups is 1. The molecule has 7 nitrogen and oxygen atoms in total. The van der Waals surface area contributed by atoms with Crippen molar-refractivity contribution in [2.24, 2.45) is 0 Å². The summed E-state index contributed by atoms with van der Waals surface area (Å²) in [5, 5.41) is 2.21. The van der Waals surface area contributed by atoms with Gasteiger partial charge in [-0.05, 0) is 24.3 Å². The normalized spacial score (nSPS) is 16.2. The predicted octanol–water partition coefficient (Wildman–Crippen LogP) is 1.54. The Hall–Kier alpha value is -2.74. The molecule has 118 valence electrons. The van der Waals surface area contributed by atoms with E-state index in [0.29, 0.717) is 0 Å². The number of fused-ring (bicyclic) bond motifs is 1. The van der Waals surface area contributed by atoms with Crippen molar-refractivity contribution < 1.29 is 18.8 Å². The number of nitrogens with one attached hydrogen (secondary N) is 3. The predicted molar refractivity (Wildman–Crippen MR) is 83.7 cm³/mol. The lowest BCUT2D eigenvalue weighted by molar-refractivity contribution is -0.124. The first-order valence-electron chi connectivity index (χ1n) is 6.83. The van der Waals surface area contributed by atoms with Gasteiger partial charge in [0, 0.05) is 11.3 Å². The molecule has 1 aliphatic rings. The van der Waals surface area contributed by atoms with Crippen LogP contribution in [0.15, 0.2) is 52.0 Å². The van der Waals surface area contributed by atoms with E-state index in [1.54, 1.807) is 12.1 Å². The van der Waals surface area contributed by atoms with Gasteiger partial charge in [-0.3, -0.25) is 25.2 Å². The lowest BCUT2D eigenvalue weighted by Crippen LogP contribution is -2.44. The molecule has 2 heterocycles. The highest BCUT2D eigenvalue weighted by Gasteiger charge is 2.28. The van der Waals surface area contributed by atoms with Crippen molar-refractivity contribution >= 4 is 35.2 Å². The van der Waals surface area contributed by atoms with E-state index in [1.807, 2.05) is 18.2 Å². The number of carbonyl (C=O) groups excluding carboxylic acids is 3. The molecule has 0 aliphatic carbocycles. The van der Waals surface area contributed by atoms with Crippen molar-refractivity contribution in [3.63, 3.8) is 0 Å². The van der Waals surface area contributed by atoms with Gasteiger partial charge in [0.1, 0.15) is 0 Å². The zero-order valence-electron chi connectivity index (χ0n) is 11.9. The molecule has 8 heteroatoms. The van der Waals surface area contributed by atoms with Crippen molar-refractivity contribution in [1.82, 2.24) is 10.9 Å². The van der Waals surface area contributed by atoms with Gasteiger partial charge >= 0.3 is 5.91 Å². The molecule has 3 amide bonds. The summed E-state index contributed by atoms with van der Waals surface area (Å²) >= 11 is 1.32. The minimum atomic E-state index is -0.561. The van der Waals surface area contributed by atoms with Crippen LogP contribution >= 0.6 is 11.8 Å². The van der Waals surface area contributed by atoms with Gasteiger partial charge in [-0.2, -0.15) is 0 Å². The summed E-state index contributed by atoms with van der Waals surface area (Å²) in [6.45, 7) is 0. The molecule has 1 aromatic heterocycles. The number of benzene rings is 1. The fourth-order valence-corrected chi connectivity index (χ4v) is 3.15. The smallest absolute Gasteiger partial charge is 0.305 e. The molecule has 0 fully saturated rings. The van der Waals surface area contributed by atoms with Crippen LogP contribution in [-0.2, 0) is 9.59 Å². The van der Waals surface area contributed by atoms with Crippen LogP contribution < -0.4 is 16.2 Å². The van der Waals surface area contributed by atoms with Crippen molar-refractivity contribution in [2.45, 2.75) is 16.6 Å². The summed E-state index contributed by atoms with van der Waals surface area (Å²) in [5.41, 5.74) is 5.25. The monoisotopic (exact) mass is 331 g/mol. The number of hydrogen-bond donors (Lipinski definition) is 3. The quantitative estimate of drug-likeness (QED) is 0.741. The Kier molecular flexibility index (Phi) is 4.33. The Morgan fingerprint density at radius 2 is 2.00 bits per heavy atom. The number of amides is 3. The van der Waals surface area contributed by atoms with Gasteiger partial charge in [-0.15, -0.1) is 11.8 Å². The minimum absolute atomic E-state index is 0.0523. The third-order valence-electron chi connectivity index (χ3n) is 3.14. The maximum Gasteiger partial charge on any atom is 0.305 e.